The number of carbonyl (C=O) groups excluding carboxylic acids is 3. The standard InChI is InChI=1S/C30H33FN4O7S/c1-30(2,3)42-29(38)35-14-11-22(25(28(35)37)27(36)34-43-24-9-5-8-21(31)26(24)39-4)33-17-19-10-13-32-18-23(19)41-16-12-20-7-6-15-40-20/h5-10,13,15,18,33H,11-12,14,16-17H2,1-4H3,(H,34,36). The zero-order valence-corrected chi connectivity index (χ0v) is 25.1. The van der Waals surface area contributed by atoms with Crippen LogP contribution in [0.2, 0.25) is 0 Å². The van der Waals surface area contributed by atoms with E-state index in [9.17, 15) is 18.8 Å². The van der Waals surface area contributed by atoms with Gasteiger partial charge in [0, 0.05) is 43.4 Å². The van der Waals surface area contributed by atoms with Crippen molar-refractivity contribution in [3.8, 4) is 11.5 Å². The number of imide groups is 1. The molecule has 0 fully saturated rings. The number of aromatic nitrogens is 1. The van der Waals surface area contributed by atoms with E-state index in [0.717, 1.165) is 28.2 Å². The maximum Gasteiger partial charge on any atom is 0.417 e. The number of ether oxygens (including phenoxy) is 3. The van der Waals surface area contributed by atoms with Crippen LogP contribution in [0, 0.1) is 5.82 Å². The molecule has 0 saturated carbocycles. The molecule has 0 bridgehead atoms. The molecular weight excluding hydrogens is 579 g/mol. The van der Waals surface area contributed by atoms with E-state index < -0.39 is 29.3 Å². The molecule has 3 aromatic rings. The Bertz CT molecular complexity index is 1490. The summed E-state index contributed by atoms with van der Waals surface area (Å²) in [5.74, 6) is -0.943. The second kappa shape index (κ2) is 14.1. The van der Waals surface area contributed by atoms with Gasteiger partial charge in [-0.1, -0.05) is 6.07 Å². The summed E-state index contributed by atoms with van der Waals surface area (Å²) >= 11 is 0.787. The van der Waals surface area contributed by atoms with E-state index in [1.807, 2.05) is 6.07 Å². The van der Waals surface area contributed by atoms with E-state index in [1.54, 1.807) is 57.6 Å². The maximum atomic E-state index is 14.2. The number of nitrogens with zero attached hydrogens (tertiary/aromatic N) is 2. The molecule has 13 heteroatoms. The number of hydrogen-bond donors (Lipinski definition) is 2. The number of carbonyl (C=O) groups is 3. The average Bonchev–Trinajstić information content (AvgIpc) is 3.48. The summed E-state index contributed by atoms with van der Waals surface area (Å²) in [6, 6.07) is 9.69. The van der Waals surface area contributed by atoms with Crippen molar-refractivity contribution in [1.82, 2.24) is 19.9 Å². The first kappa shape index (κ1) is 31.4. The summed E-state index contributed by atoms with van der Waals surface area (Å²) in [5.41, 5.74) is -0.0510. The lowest BCUT2D eigenvalue weighted by Crippen LogP contribution is -2.48. The van der Waals surface area contributed by atoms with E-state index in [-0.39, 0.29) is 30.8 Å². The van der Waals surface area contributed by atoms with Crippen molar-refractivity contribution in [3.63, 3.8) is 0 Å². The highest BCUT2D eigenvalue weighted by Gasteiger charge is 2.37. The fourth-order valence-corrected chi connectivity index (χ4v) is 4.86. The Kier molecular flexibility index (Phi) is 10.3. The molecule has 11 nitrogen and oxygen atoms in total. The number of benzene rings is 1. The van der Waals surface area contributed by atoms with Crippen molar-refractivity contribution in [1.29, 1.82) is 0 Å². The van der Waals surface area contributed by atoms with Crippen molar-refractivity contribution in [2.75, 3.05) is 20.3 Å². The molecule has 0 spiro atoms. The van der Waals surface area contributed by atoms with Gasteiger partial charge in [0.05, 0.1) is 31.1 Å². The molecule has 4 rings (SSSR count). The fourth-order valence-electron chi connectivity index (χ4n) is 4.14. The Hall–Kier alpha value is -4.52. The van der Waals surface area contributed by atoms with Gasteiger partial charge in [0.1, 0.15) is 22.7 Å². The number of halogens is 1. The Balaban J connectivity index is 1.54. The third-order valence-corrected chi connectivity index (χ3v) is 6.95. The predicted octanol–water partition coefficient (Wildman–Crippen LogP) is 4.78. The van der Waals surface area contributed by atoms with Crippen LogP contribution >= 0.6 is 11.9 Å². The van der Waals surface area contributed by atoms with E-state index in [1.165, 1.54) is 19.2 Å². The van der Waals surface area contributed by atoms with E-state index in [4.69, 9.17) is 18.6 Å². The highest BCUT2D eigenvalue weighted by molar-refractivity contribution is 7.98. The van der Waals surface area contributed by atoms with Gasteiger partial charge >= 0.3 is 6.09 Å². The van der Waals surface area contributed by atoms with Gasteiger partial charge in [-0.15, -0.1) is 0 Å². The maximum absolute atomic E-state index is 14.2. The van der Waals surface area contributed by atoms with Crippen LogP contribution in [0.5, 0.6) is 11.5 Å². The first-order valence-corrected chi connectivity index (χ1v) is 14.3. The highest BCUT2D eigenvalue weighted by atomic mass is 32.2. The number of nitrogens with one attached hydrogen (secondary N) is 2. The van der Waals surface area contributed by atoms with E-state index in [2.05, 4.69) is 15.0 Å². The molecule has 3 heterocycles. The molecule has 1 aliphatic rings. The fraction of sp³-hybridized carbons (Fsp3) is 0.333. The highest BCUT2D eigenvalue weighted by Crippen LogP contribution is 2.31. The Morgan fingerprint density at radius 2 is 2.00 bits per heavy atom. The molecule has 0 radical (unpaired) electrons. The van der Waals surface area contributed by atoms with Crippen LogP contribution in [0.15, 0.2) is 75.6 Å². The van der Waals surface area contributed by atoms with Gasteiger partial charge in [-0.2, -0.15) is 0 Å². The first-order valence-electron chi connectivity index (χ1n) is 13.5. The molecule has 3 amide bonds. The number of pyridine rings is 1. The third-order valence-electron chi connectivity index (χ3n) is 6.12. The lowest BCUT2D eigenvalue weighted by Gasteiger charge is -2.31. The molecule has 2 N–H and O–H groups in total. The predicted molar refractivity (Wildman–Crippen MR) is 156 cm³/mol. The minimum Gasteiger partial charge on any atom is -0.492 e. The topological polar surface area (TPSA) is 132 Å². The molecule has 0 unspecified atom stereocenters. The first-order chi connectivity index (χ1) is 20.6. The van der Waals surface area contributed by atoms with Crippen molar-refractivity contribution in [3.05, 3.63) is 83.5 Å². The number of furan rings is 1. The lowest BCUT2D eigenvalue weighted by molar-refractivity contribution is -0.130. The van der Waals surface area contributed by atoms with Crippen LogP contribution in [0.25, 0.3) is 0 Å². The molecule has 0 saturated heterocycles. The van der Waals surface area contributed by atoms with Crippen molar-refractivity contribution >= 4 is 29.9 Å². The molecule has 228 valence electrons. The van der Waals surface area contributed by atoms with Crippen molar-refractivity contribution in [2.24, 2.45) is 0 Å². The molecule has 43 heavy (non-hydrogen) atoms. The summed E-state index contributed by atoms with van der Waals surface area (Å²) in [6.07, 6.45) is 4.66. The Morgan fingerprint density at radius 3 is 2.72 bits per heavy atom. The number of hydrogen-bond acceptors (Lipinski definition) is 10. The normalized spacial score (nSPS) is 13.5. The minimum absolute atomic E-state index is 0.000567. The van der Waals surface area contributed by atoms with Gasteiger partial charge in [-0.3, -0.25) is 19.3 Å². The number of rotatable bonds is 11. The average molecular weight is 613 g/mol. The van der Waals surface area contributed by atoms with Crippen LogP contribution < -0.4 is 19.5 Å². The zero-order chi connectivity index (χ0) is 31.0. The second-order valence-corrected chi connectivity index (χ2v) is 11.2. The van der Waals surface area contributed by atoms with Crippen LogP contribution in [0.1, 0.15) is 38.5 Å². The third kappa shape index (κ3) is 8.28. The van der Waals surface area contributed by atoms with Gasteiger partial charge in [-0.05, 0) is 63.1 Å². The van der Waals surface area contributed by atoms with Gasteiger partial charge in [0.25, 0.3) is 11.8 Å². The molecule has 1 aliphatic heterocycles. The molecule has 1 aromatic carbocycles. The van der Waals surface area contributed by atoms with Gasteiger partial charge in [0.15, 0.2) is 11.6 Å². The number of para-hydroxylation sites is 1. The molecule has 0 atom stereocenters. The SMILES string of the molecule is COc1c(F)cccc1SNC(=O)C1=C(NCc2ccncc2OCCc2ccco2)CCN(C(=O)OC(C)(C)C)C1=O. The minimum atomic E-state index is -0.859. The van der Waals surface area contributed by atoms with Gasteiger partial charge in [-0.25, -0.2) is 14.1 Å². The Morgan fingerprint density at radius 1 is 1.19 bits per heavy atom. The van der Waals surface area contributed by atoms with E-state index in [0.29, 0.717) is 29.4 Å². The Labute approximate surface area is 252 Å². The van der Waals surface area contributed by atoms with Gasteiger partial charge in [0.2, 0.25) is 0 Å². The molecule has 0 aliphatic carbocycles. The van der Waals surface area contributed by atoms with Crippen molar-refractivity contribution < 1.29 is 37.4 Å². The second-order valence-electron chi connectivity index (χ2n) is 10.4. The summed E-state index contributed by atoms with van der Waals surface area (Å²) < 4.78 is 38.5. The summed E-state index contributed by atoms with van der Waals surface area (Å²) in [5, 5.41) is 3.18. The quantitative estimate of drug-likeness (QED) is 0.230. The van der Waals surface area contributed by atoms with Crippen molar-refractivity contribution in [2.45, 2.75) is 50.7 Å². The summed E-state index contributed by atoms with van der Waals surface area (Å²) in [6.45, 7) is 5.61. The lowest BCUT2D eigenvalue weighted by atomic mass is 10.0. The zero-order valence-electron chi connectivity index (χ0n) is 24.3. The largest absolute Gasteiger partial charge is 0.492 e. The summed E-state index contributed by atoms with van der Waals surface area (Å²) in [4.78, 5) is 45.2. The van der Waals surface area contributed by atoms with E-state index >= 15 is 0 Å². The monoisotopic (exact) mass is 612 g/mol. The van der Waals surface area contributed by atoms with Crippen LogP contribution in [-0.2, 0) is 27.3 Å². The number of methoxy groups -OCH3 is 1. The molecule has 2 aromatic heterocycles. The van der Waals surface area contributed by atoms with Gasteiger partial charge < -0.3 is 23.9 Å². The van der Waals surface area contributed by atoms with Crippen LogP contribution in [0.3, 0.4) is 0 Å². The smallest absolute Gasteiger partial charge is 0.417 e. The molecular formula is C30H33FN4O7S. The van der Waals surface area contributed by atoms with Crippen LogP contribution in [0.4, 0.5) is 9.18 Å². The number of amides is 3. The summed E-state index contributed by atoms with van der Waals surface area (Å²) in [7, 11) is 1.31. The van der Waals surface area contributed by atoms with Crippen LogP contribution in [-0.4, -0.2) is 53.7 Å².